The Kier molecular flexibility index (Phi) is 5.88. The van der Waals surface area contributed by atoms with Crippen molar-refractivity contribution in [3.63, 3.8) is 0 Å². The van der Waals surface area contributed by atoms with Crippen LogP contribution in [0.25, 0.3) is 11.3 Å². The van der Waals surface area contributed by atoms with E-state index in [1.165, 1.54) is 23.5 Å². The molecule has 0 spiro atoms. The fraction of sp³-hybridized carbons (Fsp3) is 0.278. The molecule has 0 fully saturated rings. The van der Waals surface area contributed by atoms with Gasteiger partial charge in [0.25, 0.3) is 0 Å². The zero-order valence-electron chi connectivity index (χ0n) is 13.8. The van der Waals surface area contributed by atoms with Crippen molar-refractivity contribution < 1.29 is 9.18 Å². The number of amides is 1. The molecule has 2 aromatic heterocycles. The predicted octanol–water partition coefficient (Wildman–Crippen LogP) is 4.01. The second kappa shape index (κ2) is 8.31. The number of carbonyl (C=O) groups is 1. The van der Waals surface area contributed by atoms with Gasteiger partial charge < -0.3 is 5.32 Å². The van der Waals surface area contributed by atoms with Gasteiger partial charge in [0.05, 0.1) is 21.4 Å². The van der Waals surface area contributed by atoms with Crippen molar-refractivity contribution in [3.8, 4) is 11.3 Å². The van der Waals surface area contributed by atoms with Crippen molar-refractivity contribution >= 4 is 28.6 Å². The number of carbonyl (C=O) groups excluding carboxylic acids is 1. The molecular weight excluding hydrogens is 357 g/mol. The SMILES string of the molecule is Cc1nc(CCNC(=O)CCc2nc(-c3ccc(F)cc3)cs2)cs1. The van der Waals surface area contributed by atoms with Gasteiger partial charge in [0.2, 0.25) is 5.91 Å². The van der Waals surface area contributed by atoms with Crippen LogP contribution in [0.4, 0.5) is 4.39 Å². The topological polar surface area (TPSA) is 54.9 Å². The molecule has 0 aliphatic heterocycles. The molecule has 0 saturated carbocycles. The lowest BCUT2D eigenvalue weighted by molar-refractivity contribution is -0.121. The summed E-state index contributed by atoms with van der Waals surface area (Å²) in [7, 11) is 0. The Morgan fingerprint density at radius 3 is 2.64 bits per heavy atom. The smallest absolute Gasteiger partial charge is 0.220 e. The van der Waals surface area contributed by atoms with Crippen LogP contribution in [0.1, 0.15) is 22.1 Å². The van der Waals surface area contributed by atoms with Gasteiger partial charge in [-0.15, -0.1) is 22.7 Å². The molecule has 7 heteroatoms. The van der Waals surface area contributed by atoms with Crippen LogP contribution in [0.2, 0.25) is 0 Å². The molecule has 1 aromatic carbocycles. The van der Waals surface area contributed by atoms with E-state index < -0.39 is 0 Å². The van der Waals surface area contributed by atoms with Gasteiger partial charge in [0.15, 0.2) is 0 Å². The lowest BCUT2D eigenvalue weighted by Gasteiger charge is -2.03. The van der Waals surface area contributed by atoms with Gasteiger partial charge in [-0.1, -0.05) is 0 Å². The molecule has 0 saturated heterocycles. The van der Waals surface area contributed by atoms with E-state index in [1.807, 2.05) is 17.7 Å². The highest BCUT2D eigenvalue weighted by Gasteiger charge is 2.08. The number of aryl methyl sites for hydroxylation is 2. The lowest BCUT2D eigenvalue weighted by Crippen LogP contribution is -2.25. The molecule has 25 heavy (non-hydrogen) atoms. The summed E-state index contributed by atoms with van der Waals surface area (Å²) in [5, 5.41) is 8.82. The molecule has 4 nitrogen and oxygen atoms in total. The molecule has 3 aromatic rings. The average molecular weight is 375 g/mol. The Bertz CT molecular complexity index is 842. The standard InChI is InChI=1S/C18H18FN3OS2/c1-12-21-15(10-24-12)8-9-20-17(23)6-7-18-22-16(11-25-18)13-2-4-14(19)5-3-13/h2-5,10-11H,6-9H2,1H3,(H,20,23). The summed E-state index contributed by atoms with van der Waals surface area (Å²) in [6.07, 6.45) is 1.77. The van der Waals surface area contributed by atoms with Crippen molar-refractivity contribution in [2.75, 3.05) is 6.54 Å². The summed E-state index contributed by atoms with van der Waals surface area (Å²) in [5.41, 5.74) is 2.72. The van der Waals surface area contributed by atoms with Gasteiger partial charge in [-0.3, -0.25) is 4.79 Å². The number of hydrogen-bond acceptors (Lipinski definition) is 5. The molecule has 0 aliphatic carbocycles. The van der Waals surface area contributed by atoms with E-state index >= 15 is 0 Å². The summed E-state index contributed by atoms with van der Waals surface area (Å²) in [6, 6.07) is 6.26. The fourth-order valence-corrected chi connectivity index (χ4v) is 3.80. The van der Waals surface area contributed by atoms with Crippen molar-refractivity contribution in [3.05, 3.63) is 56.6 Å². The molecule has 0 aliphatic rings. The van der Waals surface area contributed by atoms with Crippen LogP contribution in [0.15, 0.2) is 35.0 Å². The Morgan fingerprint density at radius 2 is 1.92 bits per heavy atom. The van der Waals surface area contributed by atoms with Crippen molar-refractivity contribution in [2.45, 2.75) is 26.2 Å². The number of halogens is 1. The van der Waals surface area contributed by atoms with Gasteiger partial charge >= 0.3 is 0 Å². The number of thiazole rings is 2. The van der Waals surface area contributed by atoms with Gasteiger partial charge in [0, 0.05) is 42.1 Å². The molecular formula is C18H18FN3OS2. The summed E-state index contributed by atoms with van der Waals surface area (Å²) < 4.78 is 13.0. The minimum atomic E-state index is -0.260. The maximum Gasteiger partial charge on any atom is 0.220 e. The number of benzene rings is 1. The summed E-state index contributed by atoms with van der Waals surface area (Å²) in [5.74, 6) is -0.242. The zero-order valence-corrected chi connectivity index (χ0v) is 15.4. The van der Waals surface area contributed by atoms with E-state index in [1.54, 1.807) is 23.5 Å². The van der Waals surface area contributed by atoms with E-state index in [9.17, 15) is 9.18 Å². The molecule has 0 radical (unpaired) electrons. The highest BCUT2D eigenvalue weighted by atomic mass is 32.1. The zero-order chi connectivity index (χ0) is 17.6. The summed E-state index contributed by atoms with van der Waals surface area (Å²) >= 11 is 3.14. The maximum absolute atomic E-state index is 13.0. The first-order chi connectivity index (χ1) is 12.1. The van der Waals surface area contributed by atoms with Crippen molar-refractivity contribution in [2.24, 2.45) is 0 Å². The number of nitrogens with zero attached hydrogens (tertiary/aromatic N) is 2. The van der Waals surface area contributed by atoms with E-state index in [4.69, 9.17) is 0 Å². The molecule has 1 N–H and O–H groups in total. The first-order valence-electron chi connectivity index (χ1n) is 7.98. The first-order valence-corrected chi connectivity index (χ1v) is 9.74. The molecule has 0 atom stereocenters. The highest BCUT2D eigenvalue weighted by Crippen LogP contribution is 2.22. The Labute approximate surface area is 153 Å². The maximum atomic E-state index is 13.0. The summed E-state index contributed by atoms with van der Waals surface area (Å²) in [4.78, 5) is 20.8. The predicted molar refractivity (Wildman–Crippen MR) is 99.4 cm³/mol. The van der Waals surface area contributed by atoms with E-state index in [-0.39, 0.29) is 11.7 Å². The second-order valence-corrected chi connectivity index (χ2v) is 7.60. The molecule has 0 unspecified atom stereocenters. The van der Waals surface area contributed by atoms with Crippen LogP contribution in [0.3, 0.4) is 0 Å². The largest absolute Gasteiger partial charge is 0.356 e. The molecule has 2 heterocycles. The van der Waals surface area contributed by atoms with E-state index in [0.29, 0.717) is 19.4 Å². The first kappa shape index (κ1) is 17.7. The van der Waals surface area contributed by atoms with Gasteiger partial charge in [-0.2, -0.15) is 0 Å². The molecule has 1 amide bonds. The molecule has 130 valence electrons. The number of rotatable bonds is 7. The van der Waals surface area contributed by atoms with E-state index in [2.05, 4.69) is 15.3 Å². The Morgan fingerprint density at radius 1 is 1.12 bits per heavy atom. The number of hydrogen-bond donors (Lipinski definition) is 1. The highest BCUT2D eigenvalue weighted by molar-refractivity contribution is 7.10. The minimum Gasteiger partial charge on any atom is -0.356 e. The van der Waals surface area contributed by atoms with Gasteiger partial charge in [0.1, 0.15) is 5.82 Å². The van der Waals surface area contributed by atoms with Crippen LogP contribution in [-0.4, -0.2) is 22.4 Å². The number of nitrogens with one attached hydrogen (secondary N) is 1. The third kappa shape index (κ3) is 5.17. The average Bonchev–Trinajstić information content (AvgIpc) is 3.23. The van der Waals surface area contributed by atoms with E-state index in [0.717, 1.165) is 33.4 Å². The van der Waals surface area contributed by atoms with Crippen molar-refractivity contribution in [1.29, 1.82) is 0 Å². The third-order valence-corrected chi connectivity index (χ3v) is 5.36. The minimum absolute atomic E-state index is 0.0190. The summed E-state index contributed by atoms with van der Waals surface area (Å²) in [6.45, 7) is 2.57. The normalized spacial score (nSPS) is 10.8. The van der Waals surface area contributed by atoms with Crippen LogP contribution in [-0.2, 0) is 17.6 Å². The van der Waals surface area contributed by atoms with Crippen LogP contribution < -0.4 is 5.32 Å². The third-order valence-electron chi connectivity index (χ3n) is 3.63. The monoisotopic (exact) mass is 375 g/mol. The molecule has 0 bridgehead atoms. The lowest BCUT2D eigenvalue weighted by atomic mass is 10.2. The van der Waals surface area contributed by atoms with Gasteiger partial charge in [-0.05, 0) is 31.2 Å². The fourth-order valence-electron chi connectivity index (χ4n) is 2.34. The second-order valence-electron chi connectivity index (χ2n) is 5.59. The van der Waals surface area contributed by atoms with Gasteiger partial charge in [-0.25, -0.2) is 14.4 Å². The van der Waals surface area contributed by atoms with Crippen LogP contribution in [0, 0.1) is 12.7 Å². The van der Waals surface area contributed by atoms with Crippen molar-refractivity contribution in [1.82, 2.24) is 15.3 Å². The number of aromatic nitrogens is 2. The van der Waals surface area contributed by atoms with Crippen LogP contribution in [0.5, 0.6) is 0 Å². The quantitative estimate of drug-likeness (QED) is 0.679. The molecule has 3 rings (SSSR count). The Balaban J connectivity index is 1.43. The Hall–Kier alpha value is -2.12. The van der Waals surface area contributed by atoms with Crippen LogP contribution >= 0.6 is 22.7 Å².